The van der Waals surface area contributed by atoms with Crippen LogP contribution in [-0.2, 0) is 15.1 Å². The third-order valence-corrected chi connectivity index (χ3v) is 4.11. The molecule has 5 nitrogen and oxygen atoms in total. The van der Waals surface area contributed by atoms with E-state index in [1.807, 2.05) is 6.92 Å². The standard InChI is InChI=1S/C17H21FN2O3/c1-3-4-10-17(13-5-7-14(18)8-6-13)15(22)20(16(23)19-17)11-9-12(2)21/h5-8H,3-4,9-11H2,1-2H3,(H,19,23)/t17-/m0/s1. The summed E-state index contributed by atoms with van der Waals surface area (Å²) in [6, 6.07) is 5.10. The van der Waals surface area contributed by atoms with Crippen LogP contribution in [-0.4, -0.2) is 29.2 Å². The summed E-state index contributed by atoms with van der Waals surface area (Å²) >= 11 is 0. The average molecular weight is 320 g/mol. The van der Waals surface area contributed by atoms with Gasteiger partial charge in [0.1, 0.15) is 17.1 Å². The number of unbranched alkanes of at least 4 members (excludes halogenated alkanes) is 1. The molecule has 0 unspecified atom stereocenters. The van der Waals surface area contributed by atoms with E-state index in [4.69, 9.17) is 0 Å². The molecule has 124 valence electrons. The van der Waals surface area contributed by atoms with Gasteiger partial charge in [-0.25, -0.2) is 9.18 Å². The molecule has 0 aromatic heterocycles. The maximum Gasteiger partial charge on any atom is 0.325 e. The molecule has 1 N–H and O–H groups in total. The molecule has 2 rings (SSSR count). The molecule has 1 heterocycles. The van der Waals surface area contributed by atoms with Crippen molar-refractivity contribution >= 4 is 17.7 Å². The average Bonchev–Trinajstić information content (AvgIpc) is 2.75. The molecular formula is C17H21FN2O3. The molecule has 0 aliphatic carbocycles. The molecule has 1 fully saturated rings. The van der Waals surface area contributed by atoms with Crippen molar-refractivity contribution < 1.29 is 18.8 Å². The lowest BCUT2D eigenvalue weighted by Gasteiger charge is -2.27. The van der Waals surface area contributed by atoms with Crippen molar-refractivity contribution in [3.63, 3.8) is 0 Å². The van der Waals surface area contributed by atoms with Crippen LogP contribution in [0.15, 0.2) is 24.3 Å². The van der Waals surface area contributed by atoms with E-state index in [1.165, 1.54) is 31.2 Å². The first-order valence-corrected chi connectivity index (χ1v) is 7.80. The van der Waals surface area contributed by atoms with Gasteiger partial charge in [0.25, 0.3) is 5.91 Å². The predicted molar refractivity (Wildman–Crippen MR) is 83.1 cm³/mol. The Morgan fingerprint density at radius 3 is 2.48 bits per heavy atom. The highest BCUT2D eigenvalue weighted by Gasteiger charge is 2.51. The van der Waals surface area contributed by atoms with Gasteiger partial charge in [0.2, 0.25) is 0 Å². The van der Waals surface area contributed by atoms with Gasteiger partial charge in [-0.05, 0) is 31.0 Å². The Kier molecular flexibility index (Phi) is 5.13. The molecule has 0 saturated carbocycles. The second-order valence-corrected chi connectivity index (χ2v) is 5.85. The van der Waals surface area contributed by atoms with E-state index in [2.05, 4.69) is 5.32 Å². The van der Waals surface area contributed by atoms with Crippen molar-refractivity contribution in [2.24, 2.45) is 0 Å². The summed E-state index contributed by atoms with van der Waals surface area (Å²) < 4.78 is 13.2. The number of carbonyl (C=O) groups excluding carboxylic acids is 3. The molecule has 1 aliphatic rings. The Hall–Kier alpha value is -2.24. The summed E-state index contributed by atoms with van der Waals surface area (Å²) in [7, 11) is 0. The number of halogens is 1. The van der Waals surface area contributed by atoms with E-state index in [1.54, 1.807) is 0 Å². The molecule has 1 atom stereocenters. The first-order chi connectivity index (χ1) is 10.9. The molecular weight excluding hydrogens is 299 g/mol. The number of benzene rings is 1. The first-order valence-electron chi connectivity index (χ1n) is 7.80. The number of hydrogen-bond acceptors (Lipinski definition) is 3. The lowest BCUT2D eigenvalue weighted by molar-refractivity contribution is -0.132. The summed E-state index contributed by atoms with van der Waals surface area (Å²) in [6.07, 6.45) is 2.17. The minimum absolute atomic E-state index is 0.0646. The topological polar surface area (TPSA) is 66.5 Å². The smallest absolute Gasteiger partial charge is 0.319 e. The minimum atomic E-state index is -1.17. The van der Waals surface area contributed by atoms with E-state index in [0.717, 1.165) is 17.7 Å². The number of nitrogens with zero attached hydrogens (tertiary/aromatic N) is 1. The van der Waals surface area contributed by atoms with Crippen LogP contribution in [0.5, 0.6) is 0 Å². The zero-order valence-corrected chi connectivity index (χ0v) is 13.4. The highest BCUT2D eigenvalue weighted by atomic mass is 19.1. The van der Waals surface area contributed by atoms with Gasteiger partial charge in [-0.15, -0.1) is 0 Å². The number of nitrogens with one attached hydrogen (secondary N) is 1. The third-order valence-electron chi connectivity index (χ3n) is 4.11. The van der Waals surface area contributed by atoms with Crippen LogP contribution in [0.1, 0.15) is 45.1 Å². The van der Waals surface area contributed by atoms with Gasteiger partial charge >= 0.3 is 6.03 Å². The molecule has 1 aromatic carbocycles. The van der Waals surface area contributed by atoms with Crippen LogP contribution in [0, 0.1) is 5.82 Å². The lowest BCUT2D eigenvalue weighted by atomic mass is 9.84. The van der Waals surface area contributed by atoms with Crippen molar-refractivity contribution in [3.8, 4) is 0 Å². The Balaban J connectivity index is 2.35. The summed E-state index contributed by atoms with van der Waals surface area (Å²) in [5.74, 6) is -0.855. The predicted octanol–water partition coefficient (Wildman–Crippen LogP) is 2.74. The van der Waals surface area contributed by atoms with E-state index >= 15 is 0 Å². The van der Waals surface area contributed by atoms with Crippen molar-refractivity contribution in [3.05, 3.63) is 35.6 Å². The lowest BCUT2D eigenvalue weighted by Crippen LogP contribution is -2.44. The van der Waals surface area contributed by atoms with Crippen LogP contribution in [0.25, 0.3) is 0 Å². The number of ketones is 1. The molecule has 23 heavy (non-hydrogen) atoms. The van der Waals surface area contributed by atoms with Crippen molar-refractivity contribution in [2.45, 2.75) is 45.1 Å². The summed E-state index contributed by atoms with van der Waals surface area (Å²) in [4.78, 5) is 37.3. The van der Waals surface area contributed by atoms with E-state index < -0.39 is 17.4 Å². The van der Waals surface area contributed by atoms with Gasteiger partial charge in [-0.3, -0.25) is 14.5 Å². The zero-order valence-electron chi connectivity index (χ0n) is 13.4. The zero-order chi connectivity index (χ0) is 17.0. The first kappa shape index (κ1) is 17.1. The van der Waals surface area contributed by atoms with Crippen molar-refractivity contribution in [1.82, 2.24) is 10.2 Å². The fraction of sp³-hybridized carbons (Fsp3) is 0.471. The van der Waals surface area contributed by atoms with Gasteiger partial charge in [0.15, 0.2) is 0 Å². The second-order valence-electron chi connectivity index (χ2n) is 5.85. The quantitative estimate of drug-likeness (QED) is 0.786. The largest absolute Gasteiger partial charge is 0.325 e. The number of imide groups is 1. The van der Waals surface area contributed by atoms with Crippen LogP contribution < -0.4 is 5.32 Å². The Morgan fingerprint density at radius 1 is 1.26 bits per heavy atom. The van der Waals surface area contributed by atoms with Gasteiger partial charge in [-0.2, -0.15) is 0 Å². The van der Waals surface area contributed by atoms with E-state index in [-0.39, 0.29) is 24.7 Å². The molecule has 1 aromatic rings. The number of amides is 3. The van der Waals surface area contributed by atoms with Gasteiger partial charge < -0.3 is 5.32 Å². The van der Waals surface area contributed by atoms with Gasteiger partial charge in [-0.1, -0.05) is 31.9 Å². The van der Waals surface area contributed by atoms with Gasteiger partial charge in [0.05, 0.1) is 0 Å². The maximum absolute atomic E-state index is 13.2. The minimum Gasteiger partial charge on any atom is -0.319 e. The van der Waals surface area contributed by atoms with Crippen LogP contribution in [0.2, 0.25) is 0 Å². The molecule has 1 saturated heterocycles. The van der Waals surface area contributed by atoms with Crippen LogP contribution in [0.3, 0.4) is 0 Å². The fourth-order valence-corrected chi connectivity index (χ4v) is 2.78. The Labute approximate surface area is 134 Å². The molecule has 0 radical (unpaired) electrons. The molecule has 6 heteroatoms. The Bertz CT molecular complexity index is 615. The van der Waals surface area contributed by atoms with Gasteiger partial charge in [0, 0.05) is 13.0 Å². The SMILES string of the molecule is CCCC[C@@]1(c2ccc(F)cc2)NC(=O)N(CCC(C)=O)C1=O. The number of hydrogen-bond donors (Lipinski definition) is 1. The number of rotatable bonds is 7. The Morgan fingerprint density at radius 2 is 1.91 bits per heavy atom. The second kappa shape index (κ2) is 6.89. The van der Waals surface area contributed by atoms with E-state index in [9.17, 15) is 18.8 Å². The van der Waals surface area contributed by atoms with Crippen LogP contribution >= 0.6 is 0 Å². The third kappa shape index (κ3) is 3.41. The van der Waals surface area contributed by atoms with Crippen LogP contribution in [0.4, 0.5) is 9.18 Å². The summed E-state index contributed by atoms with van der Waals surface area (Å²) in [6.45, 7) is 3.48. The maximum atomic E-state index is 13.2. The fourth-order valence-electron chi connectivity index (χ4n) is 2.78. The number of Topliss-reactive ketones (excluding diaryl/α,β-unsaturated/α-hetero) is 1. The highest BCUT2D eigenvalue weighted by molar-refractivity contribution is 6.07. The number of carbonyl (C=O) groups is 3. The summed E-state index contributed by atoms with van der Waals surface area (Å²) in [5.41, 5.74) is -0.603. The molecule has 0 bridgehead atoms. The molecule has 3 amide bonds. The molecule has 0 spiro atoms. The highest BCUT2D eigenvalue weighted by Crippen LogP contribution is 2.34. The monoisotopic (exact) mass is 320 g/mol. The summed E-state index contributed by atoms with van der Waals surface area (Å²) in [5, 5.41) is 2.77. The molecule has 1 aliphatic heterocycles. The van der Waals surface area contributed by atoms with Crippen molar-refractivity contribution in [1.29, 1.82) is 0 Å². The van der Waals surface area contributed by atoms with E-state index in [0.29, 0.717) is 12.0 Å². The van der Waals surface area contributed by atoms with Crippen molar-refractivity contribution in [2.75, 3.05) is 6.54 Å². The normalized spacial score (nSPS) is 20.7. The number of urea groups is 1.